The molecule has 0 unspecified atom stereocenters. The largest absolute Gasteiger partial charge is 0.351 e. The van der Waals surface area contributed by atoms with E-state index in [-0.39, 0.29) is 10.6 Å². The lowest BCUT2D eigenvalue weighted by molar-refractivity contribution is 0.0941. The molecule has 0 bridgehead atoms. The lowest BCUT2D eigenvalue weighted by Crippen LogP contribution is -2.40. The number of rotatable bonds is 5. The molecule has 3 nitrogen and oxygen atoms in total. The number of hydrogen-bond donors (Lipinski definition) is 1. The van der Waals surface area contributed by atoms with Crippen LogP contribution in [-0.2, 0) is 0 Å². The van der Waals surface area contributed by atoms with E-state index in [9.17, 15) is 9.18 Å². The summed E-state index contributed by atoms with van der Waals surface area (Å²) in [7, 11) is 0. The van der Waals surface area contributed by atoms with Crippen molar-refractivity contribution >= 4 is 17.5 Å². The predicted octanol–water partition coefficient (Wildman–Crippen LogP) is 4.40. The number of aryl methyl sites for hydroxylation is 1. The molecule has 1 saturated heterocycles. The van der Waals surface area contributed by atoms with Crippen LogP contribution in [0.2, 0.25) is 5.02 Å². The van der Waals surface area contributed by atoms with Crippen molar-refractivity contribution in [1.82, 2.24) is 10.2 Å². The van der Waals surface area contributed by atoms with Crippen molar-refractivity contribution in [3.8, 4) is 0 Å². The Balaban J connectivity index is 1.53. The lowest BCUT2D eigenvalue weighted by atomic mass is 9.91. The van der Waals surface area contributed by atoms with E-state index in [2.05, 4.69) is 34.5 Å². The molecule has 26 heavy (non-hydrogen) atoms. The SMILES string of the molecule is Cc1ccc(F)c(C(=O)NCCN2CCC[C@@H](c3ccccc3)C2)c1Cl. The topological polar surface area (TPSA) is 32.3 Å². The van der Waals surface area contributed by atoms with Crippen molar-refractivity contribution in [3.63, 3.8) is 0 Å². The van der Waals surface area contributed by atoms with Crippen LogP contribution in [-0.4, -0.2) is 37.0 Å². The highest BCUT2D eigenvalue weighted by Gasteiger charge is 2.22. The minimum absolute atomic E-state index is 0.0625. The second kappa shape index (κ2) is 8.65. The molecule has 1 N–H and O–H groups in total. The summed E-state index contributed by atoms with van der Waals surface area (Å²) in [6, 6.07) is 13.4. The second-order valence-corrected chi connectivity index (χ2v) is 7.24. The standard InChI is InChI=1S/C21H24ClFN2O/c1-15-9-10-18(23)19(20(15)22)21(26)24-11-13-25-12-5-8-17(14-25)16-6-3-2-4-7-16/h2-4,6-7,9-10,17H,5,8,11-14H2,1H3,(H,24,26)/t17-/m1/s1. The van der Waals surface area contributed by atoms with Gasteiger partial charge in [-0.3, -0.25) is 4.79 Å². The summed E-state index contributed by atoms with van der Waals surface area (Å²) in [6.07, 6.45) is 2.34. The maximum absolute atomic E-state index is 13.9. The number of piperidine rings is 1. The molecule has 2 aromatic carbocycles. The lowest BCUT2D eigenvalue weighted by Gasteiger charge is -2.33. The Bertz CT molecular complexity index is 766. The van der Waals surface area contributed by atoms with E-state index in [0.717, 1.165) is 26.1 Å². The zero-order chi connectivity index (χ0) is 18.5. The van der Waals surface area contributed by atoms with Gasteiger partial charge in [0.2, 0.25) is 0 Å². The molecule has 1 aliphatic heterocycles. The van der Waals surface area contributed by atoms with E-state index in [1.54, 1.807) is 13.0 Å². The molecule has 1 fully saturated rings. The number of amides is 1. The molecule has 0 aromatic heterocycles. The average Bonchev–Trinajstić information content (AvgIpc) is 2.66. The Kier molecular flexibility index (Phi) is 6.28. The number of likely N-dealkylation sites (tertiary alicyclic amines) is 1. The van der Waals surface area contributed by atoms with E-state index in [1.807, 2.05) is 6.07 Å². The van der Waals surface area contributed by atoms with Crippen LogP contribution in [0.1, 0.15) is 40.2 Å². The summed E-state index contributed by atoms with van der Waals surface area (Å²) in [5, 5.41) is 2.99. The van der Waals surface area contributed by atoms with Crippen LogP contribution in [0.3, 0.4) is 0 Å². The average molecular weight is 375 g/mol. The van der Waals surface area contributed by atoms with Crippen LogP contribution in [0, 0.1) is 12.7 Å². The fraction of sp³-hybridized carbons (Fsp3) is 0.381. The van der Waals surface area contributed by atoms with Gasteiger partial charge in [-0.1, -0.05) is 48.0 Å². The second-order valence-electron chi connectivity index (χ2n) is 6.86. The predicted molar refractivity (Wildman–Crippen MR) is 103 cm³/mol. The van der Waals surface area contributed by atoms with Crippen molar-refractivity contribution in [2.75, 3.05) is 26.2 Å². The molecule has 1 aliphatic rings. The van der Waals surface area contributed by atoms with Crippen molar-refractivity contribution in [2.24, 2.45) is 0 Å². The van der Waals surface area contributed by atoms with Crippen molar-refractivity contribution in [3.05, 3.63) is 70.0 Å². The summed E-state index contributed by atoms with van der Waals surface area (Å²) < 4.78 is 13.9. The van der Waals surface area contributed by atoms with Crippen LogP contribution in [0.25, 0.3) is 0 Å². The fourth-order valence-corrected chi connectivity index (χ4v) is 3.78. The van der Waals surface area contributed by atoms with Crippen molar-refractivity contribution in [2.45, 2.75) is 25.7 Å². The number of nitrogens with one attached hydrogen (secondary N) is 1. The molecule has 3 rings (SSSR count). The smallest absolute Gasteiger partial charge is 0.255 e. The molecular formula is C21H24ClFN2O. The molecule has 0 saturated carbocycles. The third kappa shape index (κ3) is 4.43. The Morgan fingerprint density at radius 3 is 2.81 bits per heavy atom. The number of halogens is 2. The molecule has 1 amide bonds. The molecule has 5 heteroatoms. The summed E-state index contributed by atoms with van der Waals surface area (Å²) in [5.41, 5.74) is 2.00. The van der Waals surface area contributed by atoms with Gasteiger partial charge in [0, 0.05) is 19.6 Å². The maximum Gasteiger partial charge on any atom is 0.255 e. The Labute approximate surface area is 159 Å². The molecule has 1 heterocycles. The highest BCUT2D eigenvalue weighted by atomic mass is 35.5. The number of carbonyl (C=O) groups excluding carboxylic acids is 1. The first kappa shape index (κ1) is 18.9. The highest BCUT2D eigenvalue weighted by molar-refractivity contribution is 6.34. The quantitative estimate of drug-likeness (QED) is 0.841. The molecule has 0 aliphatic carbocycles. The molecule has 0 spiro atoms. The van der Waals surface area contributed by atoms with E-state index >= 15 is 0 Å². The summed E-state index contributed by atoms with van der Waals surface area (Å²) in [6.45, 7) is 5.00. The van der Waals surface area contributed by atoms with Gasteiger partial charge in [-0.15, -0.1) is 0 Å². The van der Waals surface area contributed by atoms with Gasteiger partial charge in [-0.25, -0.2) is 4.39 Å². The van der Waals surface area contributed by atoms with Crippen molar-refractivity contribution in [1.29, 1.82) is 0 Å². The first-order valence-electron chi connectivity index (χ1n) is 9.06. The van der Waals surface area contributed by atoms with E-state index in [1.165, 1.54) is 18.1 Å². The van der Waals surface area contributed by atoms with Gasteiger partial charge in [0.05, 0.1) is 10.6 Å². The van der Waals surface area contributed by atoms with E-state index in [4.69, 9.17) is 11.6 Å². The minimum Gasteiger partial charge on any atom is -0.351 e. The summed E-state index contributed by atoms with van der Waals surface area (Å²) >= 11 is 6.10. The monoisotopic (exact) mass is 374 g/mol. The van der Waals surface area contributed by atoms with Crippen LogP contribution >= 0.6 is 11.6 Å². The van der Waals surface area contributed by atoms with Gasteiger partial charge in [-0.2, -0.15) is 0 Å². The molecule has 2 aromatic rings. The zero-order valence-corrected chi connectivity index (χ0v) is 15.7. The first-order chi connectivity index (χ1) is 12.6. The Hall–Kier alpha value is -1.91. The molecule has 138 valence electrons. The first-order valence-corrected chi connectivity index (χ1v) is 9.44. The molecular weight excluding hydrogens is 351 g/mol. The van der Waals surface area contributed by atoms with Gasteiger partial charge >= 0.3 is 0 Å². The minimum atomic E-state index is -0.583. The highest BCUT2D eigenvalue weighted by Crippen LogP contribution is 2.26. The molecule has 1 atom stereocenters. The fourth-order valence-electron chi connectivity index (χ4n) is 3.54. The van der Waals surface area contributed by atoms with Gasteiger partial charge < -0.3 is 10.2 Å². The van der Waals surface area contributed by atoms with Gasteiger partial charge in [0.1, 0.15) is 5.82 Å². The van der Waals surface area contributed by atoms with Crippen LogP contribution < -0.4 is 5.32 Å². The number of benzene rings is 2. The van der Waals surface area contributed by atoms with Gasteiger partial charge in [0.15, 0.2) is 0 Å². The molecule has 0 radical (unpaired) electrons. The third-order valence-electron chi connectivity index (χ3n) is 5.00. The number of carbonyl (C=O) groups is 1. The van der Waals surface area contributed by atoms with E-state index < -0.39 is 11.7 Å². The third-order valence-corrected chi connectivity index (χ3v) is 5.49. The van der Waals surface area contributed by atoms with Crippen LogP contribution in [0.15, 0.2) is 42.5 Å². The Morgan fingerprint density at radius 1 is 1.27 bits per heavy atom. The van der Waals surface area contributed by atoms with Gasteiger partial charge in [-0.05, 0) is 49.4 Å². The normalized spacial score (nSPS) is 17.9. The number of nitrogens with zero attached hydrogens (tertiary/aromatic N) is 1. The van der Waals surface area contributed by atoms with E-state index in [0.29, 0.717) is 18.0 Å². The summed E-state index contributed by atoms with van der Waals surface area (Å²) in [4.78, 5) is 14.7. The summed E-state index contributed by atoms with van der Waals surface area (Å²) in [5.74, 6) is -0.502. The zero-order valence-electron chi connectivity index (χ0n) is 15.0. The van der Waals surface area contributed by atoms with Crippen LogP contribution in [0.4, 0.5) is 4.39 Å². The number of hydrogen-bond acceptors (Lipinski definition) is 2. The maximum atomic E-state index is 13.9. The Morgan fingerprint density at radius 2 is 2.04 bits per heavy atom. The van der Waals surface area contributed by atoms with Gasteiger partial charge in [0.25, 0.3) is 5.91 Å². The van der Waals surface area contributed by atoms with Crippen molar-refractivity contribution < 1.29 is 9.18 Å². The van der Waals surface area contributed by atoms with Crippen LogP contribution in [0.5, 0.6) is 0 Å².